The Kier molecular flexibility index (Phi) is 10.8. The average Bonchev–Trinajstić information content (AvgIpc) is 3.43. The van der Waals surface area contributed by atoms with Gasteiger partial charge in [0, 0.05) is 57.6 Å². The van der Waals surface area contributed by atoms with Gasteiger partial charge in [0.2, 0.25) is 0 Å². The van der Waals surface area contributed by atoms with Crippen LogP contribution in [-0.2, 0) is 27.9 Å². The van der Waals surface area contributed by atoms with Crippen LogP contribution in [0.4, 0.5) is 26.3 Å². The van der Waals surface area contributed by atoms with Gasteiger partial charge in [0.15, 0.2) is 5.82 Å². The smallest absolute Gasteiger partial charge is 0.475 e. The molecule has 0 unspecified atom stereocenters. The number of alkyl halides is 6. The van der Waals surface area contributed by atoms with E-state index in [0.717, 1.165) is 32.5 Å². The summed E-state index contributed by atoms with van der Waals surface area (Å²) in [5, 5.41) is 17.4. The fourth-order valence-corrected chi connectivity index (χ4v) is 3.91. The van der Waals surface area contributed by atoms with Crippen LogP contribution in [0, 0.1) is 0 Å². The lowest BCUT2D eigenvalue weighted by Crippen LogP contribution is -2.48. The Morgan fingerprint density at radius 1 is 1.10 bits per heavy atom. The van der Waals surface area contributed by atoms with Gasteiger partial charge in [-0.05, 0) is 24.5 Å². The Morgan fingerprint density at radius 3 is 2.21 bits per heavy atom. The van der Waals surface area contributed by atoms with Crippen molar-refractivity contribution in [1.29, 1.82) is 0 Å². The van der Waals surface area contributed by atoms with Crippen molar-refractivity contribution in [2.45, 2.75) is 49.9 Å². The van der Waals surface area contributed by atoms with Gasteiger partial charge in [-0.2, -0.15) is 26.3 Å². The second-order valence-electron chi connectivity index (χ2n) is 8.38. The van der Waals surface area contributed by atoms with Gasteiger partial charge >= 0.3 is 24.3 Å². The van der Waals surface area contributed by atoms with Gasteiger partial charge in [0.1, 0.15) is 0 Å². The second kappa shape index (κ2) is 13.4. The molecular formula is C22H25F6N5O6. The number of carboxylic acids is 2. The summed E-state index contributed by atoms with van der Waals surface area (Å²) in [6.07, 6.45) is -0.871. The molecule has 0 aliphatic carbocycles. The lowest BCUT2D eigenvalue weighted by Gasteiger charge is -2.32. The molecule has 17 heteroatoms. The number of hydrogen-bond donors (Lipinski definition) is 3. The number of nitrogens with one attached hydrogen (secondary N) is 1. The molecule has 3 N–H and O–H groups in total. The number of aryl methyl sites for hydroxylation is 1. The van der Waals surface area contributed by atoms with Crippen LogP contribution in [-0.4, -0.2) is 91.2 Å². The molecule has 0 saturated carbocycles. The lowest BCUT2D eigenvalue weighted by atomic mass is 10.0. The first kappa shape index (κ1) is 31.5. The maximum atomic E-state index is 12.5. The third-order valence-corrected chi connectivity index (χ3v) is 5.56. The highest BCUT2D eigenvalue weighted by Crippen LogP contribution is 2.30. The zero-order valence-electron chi connectivity index (χ0n) is 20.3. The van der Waals surface area contributed by atoms with Crippen LogP contribution in [0.2, 0.25) is 0 Å². The number of carboxylic acid groups (broad SMARTS) is 2. The van der Waals surface area contributed by atoms with Crippen molar-refractivity contribution in [1.82, 2.24) is 24.8 Å². The average molecular weight is 569 g/mol. The molecule has 2 aliphatic heterocycles. The molecule has 1 amide bonds. The molecule has 2 fully saturated rings. The van der Waals surface area contributed by atoms with Crippen molar-refractivity contribution in [3.63, 3.8) is 0 Å². The number of imidazole rings is 1. The minimum absolute atomic E-state index is 0.0221. The van der Waals surface area contributed by atoms with E-state index in [1.54, 1.807) is 23.2 Å². The summed E-state index contributed by atoms with van der Waals surface area (Å²) in [7, 11) is 1.82. The number of aromatic nitrogens is 3. The van der Waals surface area contributed by atoms with Crippen LogP contribution < -0.4 is 5.32 Å². The first-order valence-electron chi connectivity index (χ1n) is 11.2. The summed E-state index contributed by atoms with van der Waals surface area (Å²) < 4.78 is 71.2. The number of aliphatic carboxylic acids is 2. The van der Waals surface area contributed by atoms with Crippen LogP contribution >= 0.6 is 0 Å². The Hall–Kier alpha value is -3.73. The molecule has 39 heavy (non-hydrogen) atoms. The number of carbonyl (C=O) groups excluding carboxylic acids is 1. The molecule has 2 saturated heterocycles. The normalized spacial score (nSPS) is 20.9. The molecule has 2 aliphatic rings. The largest absolute Gasteiger partial charge is 0.490 e. The summed E-state index contributed by atoms with van der Waals surface area (Å²) in [6, 6.07) is 4.36. The summed E-state index contributed by atoms with van der Waals surface area (Å²) in [4.78, 5) is 41.1. The number of carbonyl (C=O) groups is 3. The topological polar surface area (TPSA) is 147 Å². The Labute approximate surface area is 217 Å². The standard InChI is InChI=1S/C18H23N5O2.2C2HF3O2/c1-22-8-7-20-17(22)18(24)21-14-12-23(11-13-4-2-6-19-10-13)15-5-3-9-25-16(14)15;2*3-2(4,5)1(6)7/h2,4,6-8,10,14-16H,3,5,9,11-12H2,1H3,(H,21,24);2*(H,6,7)/t14-,15-,16-;;/m1../s1. The molecule has 2 aromatic rings. The van der Waals surface area contributed by atoms with E-state index in [1.807, 2.05) is 19.3 Å². The van der Waals surface area contributed by atoms with Crippen molar-refractivity contribution < 1.29 is 55.7 Å². The first-order valence-corrected chi connectivity index (χ1v) is 11.2. The molecular weight excluding hydrogens is 544 g/mol. The third-order valence-electron chi connectivity index (χ3n) is 5.56. The quantitative estimate of drug-likeness (QED) is 0.472. The van der Waals surface area contributed by atoms with Crippen LogP contribution in [0.15, 0.2) is 36.9 Å². The summed E-state index contributed by atoms with van der Waals surface area (Å²) in [6.45, 7) is 2.37. The van der Waals surface area contributed by atoms with Crippen LogP contribution in [0.5, 0.6) is 0 Å². The van der Waals surface area contributed by atoms with E-state index < -0.39 is 24.3 Å². The van der Waals surface area contributed by atoms with Crippen LogP contribution in [0.25, 0.3) is 0 Å². The number of amides is 1. The van der Waals surface area contributed by atoms with E-state index in [-0.39, 0.29) is 18.1 Å². The van der Waals surface area contributed by atoms with Gasteiger partial charge in [-0.1, -0.05) is 6.07 Å². The van der Waals surface area contributed by atoms with Crippen molar-refractivity contribution in [2.24, 2.45) is 7.05 Å². The summed E-state index contributed by atoms with van der Waals surface area (Å²) in [5.74, 6) is -5.23. The number of rotatable bonds is 4. The predicted molar refractivity (Wildman–Crippen MR) is 119 cm³/mol. The van der Waals surface area contributed by atoms with Gasteiger partial charge < -0.3 is 24.8 Å². The van der Waals surface area contributed by atoms with E-state index in [0.29, 0.717) is 11.9 Å². The van der Waals surface area contributed by atoms with Crippen molar-refractivity contribution in [3.8, 4) is 0 Å². The minimum Gasteiger partial charge on any atom is -0.475 e. The zero-order valence-corrected chi connectivity index (χ0v) is 20.3. The fourth-order valence-electron chi connectivity index (χ4n) is 3.91. The summed E-state index contributed by atoms with van der Waals surface area (Å²) >= 11 is 0. The minimum atomic E-state index is -5.08. The molecule has 0 radical (unpaired) electrons. The van der Waals surface area contributed by atoms with Crippen LogP contribution in [0.3, 0.4) is 0 Å². The van der Waals surface area contributed by atoms with Crippen molar-refractivity contribution in [2.75, 3.05) is 13.2 Å². The van der Waals surface area contributed by atoms with Crippen molar-refractivity contribution >= 4 is 17.8 Å². The Morgan fingerprint density at radius 2 is 1.72 bits per heavy atom. The van der Waals surface area contributed by atoms with E-state index in [2.05, 4.69) is 26.3 Å². The highest BCUT2D eigenvalue weighted by atomic mass is 19.4. The number of halogens is 6. The second-order valence-corrected chi connectivity index (χ2v) is 8.38. The van der Waals surface area contributed by atoms with Crippen molar-refractivity contribution in [3.05, 3.63) is 48.3 Å². The molecule has 216 valence electrons. The third kappa shape index (κ3) is 9.51. The Balaban J connectivity index is 0.000000317. The monoisotopic (exact) mass is 569 g/mol. The van der Waals surface area contributed by atoms with Gasteiger partial charge in [0.05, 0.1) is 12.1 Å². The lowest BCUT2D eigenvalue weighted by molar-refractivity contribution is -0.193. The van der Waals surface area contributed by atoms with Gasteiger partial charge in [0.25, 0.3) is 5.91 Å². The van der Waals surface area contributed by atoms with Gasteiger partial charge in [-0.15, -0.1) is 0 Å². The van der Waals surface area contributed by atoms with E-state index in [4.69, 9.17) is 24.5 Å². The summed E-state index contributed by atoms with van der Waals surface area (Å²) in [5.41, 5.74) is 1.18. The van der Waals surface area contributed by atoms with Gasteiger partial charge in [-0.3, -0.25) is 14.7 Å². The molecule has 0 aromatic carbocycles. The van der Waals surface area contributed by atoms with E-state index in [1.165, 1.54) is 5.56 Å². The SMILES string of the molecule is Cn1ccnc1C(=O)N[C@@H]1CN(Cc2cccnc2)[C@@H]2CCCO[C@@H]21.O=C(O)C(F)(F)F.O=C(O)C(F)(F)F. The molecule has 2 aromatic heterocycles. The van der Waals surface area contributed by atoms with E-state index >= 15 is 0 Å². The molecule has 4 rings (SSSR count). The zero-order chi connectivity index (χ0) is 29.4. The number of fused-ring (bicyclic) bond motifs is 1. The maximum absolute atomic E-state index is 12.5. The number of nitrogens with zero attached hydrogens (tertiary/aromatic N) is 4. The number of likely N-dealkylation sites (tertiary alicyclic amines) is 1. The Bertz CT molecular complexity index is 1090. The van der Waals surface area contributed by atoms with E-state index in [9.17, 15) is 31.1 Å². The number of hydrogen-bond acceptors (Lipinski definition) is 7. The molecule has 0 bridgehead atoms. The molecule has 11 nitrogen and oxygen atoms in total. The van der Waals surface area contributed by atoms with Crippen LogP contribution in [0.1, 0.15) is 29.0 Å². The molecule has 0 spiro atoms. The number of ether oxygens (including phenoxy) is 1. The maximum Gasteiger partial charge on any atom is 0.490 e. The molecule has 3 atom stereocenters. The first-order chi connectivity index (χ1) is 18.1. The van der Waals surface area contributed by atoms with Gasteiger partial charge in [-0.25, -0.2) is 14.6 Å². The fraction of sp³-hybridized carbons (Fsp3) is 0.500. The highest BCUT2D eigenvalue weighted by molar-refractivity contribution is 5.91. The predicted octanol–water partition coefficient (Wildman–Crippen LogP) is 2.24. The highest BCUT2D eigenvalue weighted by Gasteiger charge is 2.44. The number of pyridine rings is 1. The molecule has 4 heterocycles.